The van der Waals surface area contributed by atoms with Crippen LogP contribution < -0.4 is 10.5 Å². The predicted octanol–water partition coefficient (Wildman–Crippen LogP) is 5.32. The predicted molar refractivity (Wildman–Crippen MR) is 105 cm³/mol. The van der Waals surface area contributed by atoms with Crippen molar-refractivity contribution in [2.24, 2.45) is 0 Å². The molecule has 2 N–H and O–H groups in total. The van der Waals surface area contributed by atoms with E-state index in [1.165, 1.54) is 3.57 Å². The summed E-state index contributed by atoms with van der Waals surface area (Å²) in [6.07, 6.45) is 0. The molecule has 0 aliphatic heterocycles. The van der Waals surface area contributed by atoms with Gasteiger partial charge in [0.05, 0.1) is 7.14 Å². The van der Waals surface area contributed by atoms with E-state index in [9.17, 15) is 0 Å². The standard InChI is InChI=1S/C13H9ClI3NO/c14-9-2-1-3-12(18)8(9)6-19-13-10(16)4-7(15)5-11(13)17/h1-5H,6,18H2. The summed E-state index contributed by atoms with van der Waals surface area (Å²) in [5, 5.41) is 0.635. The lowest BCUT2D eigenvalue weighted by atomic mass is 10.2. The van der Waals surface area contributed by atoms with Gasteiger partial charge < -0.3 is 10.5 Å². The summed E-state index contributed by atoms with van der Waals surface area (Å²) in [7, 11) is 0. The van der Waals surface area contributed by atoms with Crippen molar-refractivity contribution in [3.63, 3.8) is 0 Å². The van der Waals surface area contributed by atoms with E-state index in [0.29, 0.717) is 17.3 Å². The van der Waals surface area contributed by atoms with Crippen molar-refractivity contribution < 1.29 is 4.74 Å². The molecule has 0 heterocycles. The third kappa shape index (κ3) is 4.01. The maximum Gasteiger partial charge on any atom is 0.146 e. The van der Waals surface area contributed by atoms with E-state index in [1.807, 2.05) is 18.2 Å². The van der Waals surface area contributed by atoms with Crippen molar-refractivity contribution >= 4 is 85.1 Å². The molecule has 0 spiro atoms. The molecule has 2 aromatic rings. The second-order valence-corrected chi connectivity index (χ2v) is 7.77. The fraction of sp³-hybridized carbons (Fsp3) is 0.0769. The third-order valence-electron chi connectivity index (χ3n) is 2.48. The molecule has 0 saturated carbocycles. The van der Waals surface area contributed by atoms with Crippen LogP contribution in [-0.4, -0.2) is 0 Å². The van der Waals surface area contributed by atoms with Gasteiger partial charge in [0.25, 0.3) is 0 Å². The first-order valence-corrected chi connectivity index (χ1v) is 8.90. The van der Waals surface area contributed by atoms with Gasteiger partial charge in [-0.25, -0.2) is 0 Å². The van der Waals surface area contributed by atoms with E-state index < -0.39 is 0 Å². The van der Waals surface area contributed by atoms with E-state index in [-0.39, 0.29) is 0 Å². The minimum Gasteiger partial charge on any atom is -0.487 e. The number of benzene rings is 2. The van der Waals surface area contributed by atoms with Crippen LogP contribution in [0.2, 0.25) is 5.02 Å². The van der Waals surface area contributed by atoms with Crippen LogP contribution in [0.5, 0.6) is 5.75 Å². The number of halogens is 4. The Morgan fingerprint density at radius 3 is 2.32 bits per heavy atom. The van der Waals surface area contributed by atoms with Crippen molar-refractivity contribution in [2.45, 2.75) is 6.61 Å². The van der Waals surface area contributed by atoms with Crippen molar-refractivity contribution in [3.8, 4) is 5.75 Å². The Hall–Kier alpha value is 0.520. The highest BCUT2D eigenvalue weighted by Gasteiger charge is 2.11. The normalized spacial score (nSPS) is 10.5. The molecule has 0 saturated heterocycles. The molecule has 6 heteroatoms. The van der Waals surface area contributed by atoms with Gasteiger partial charge in [-0.1, -0.05) is 17.7 Å². The molecule has 2 rings (SSSR count). The molecule has 0 aliphatic carbocycles. The molecule has 0 amide bonds. The molecule has 0 radical (unpaired) electrons. The molecule has 0 unspecified atom stereocenters. The van der Waals surface area contributed by atoms with Gasteiger partial charge in [-0.3, -0.25) is 0 Å². The quantitative estimate of drug-likeness (QED) is 0.377. The van der Waals surface area contributed by atoms with E-state index in [0.717, 1.165) is 18.5 Å². The molecule has 2 nitrogen and oxygen atoms in total. The first-order valence-electron chi connectivity index (χ1n) is 5.29. The van der Waals surface area contributed by atoms with Gasteiger partial charge in [0.1, 0.15) is 12.4 Å². The summed E-state index contributed by atoms with van der Waals surface area (Å²) in [4.78, 5) is 0. The molecule has 0 aromatic heterocycles. The average Bonchev–Trinajstić information content (AvgIpc) is 2.31. The molecular weight excluding hydrogens is 602 g/mol. The van der Waals surface area contributed by atoms with Gasteiger partial charge in [0.2, 0.25) is 0 Å². The second kappa shape index (κ2) is 6.99. The maximum absolute atomic E-state index is 6.14. The van der Waals surface area contributed by atoms with Crippen molar-refractivity contribution in [1.29, 1.82) is 0 Å². The summed E-state index contributed by atoms with van der Waals surface area (Å²) >= 11 is 13.0. The van der Waals surface area contributed by atoms with Gasteiger partial charge >= 0.3 is 0 Å². The van der Waals surface area contributed by atoms with Crippen LogP contribution in [0.3, 0.4) is 0 Å². The van der Waals surface area contributed by atoms with Gasteiger partial charge in [0, 0.05) is 19.8 Å². The Balaban J connectivity index is 2.24. The van der Waals surface area contributed by atoms with Crippen LogP contribution in [-0.2, 0) is 6.61 Å². The first-order chi connectivity index (χ1) is 8.99. The van der Waals surface area contributed by atoms with Crippen molar-refractivity contribution in [1.82, 2.24) is 0 Å². The smallest absolute Gasteiger partial charge is 0.146 e. The highest BCUT2D eigenvalue weighted by atomic mass is 127. The van der Waals surface area contributed by atoms with Crippen molar-refractivity contribution in [2.75, 3.05) is 5.73 Å². The summed E-state index contributed by atoms with van der Waals surface area (Å²) in [5.41, 5.74) is 7.40. The zero-order chi connectivity index (χ0) is 14.0. The van der Waals surface area contributed by atoms with E-state index in [1.54, 1.807) is 0 Å². The SMILES string of the molecule is Nc1cccc(Cl)c1COc1c(I)cc(I)cc1I. The number of nitrogens with two attached hydrogens (primary N) is 1. The van der Waals surface area contributed by atoms with Crippen LogP contribution in [0.15, 0.2) is 30.3 Å². The van der Waals surface area contributed by atoms with E-state index >= 15 is 0 Å². The highest BCUT2D eigenvalue weighted by Crippen LogP contribution is 2.31. The molecule has 0 bridgehead atoms. The fourth-order valence-corrected chi connectivity index (χ4v) is 5.67. The van der Waals surface area contributed by atoms with E-state index in [4.69, 9.17) is 22.1 Å². The average molecular weight is 611 g/mol. The number of nitrogen functional groups attached to an aromatic ring is 1. The Labute approximate surface area is 157 Å². The summed E-state index contributed by atoms with van der Waals surface area (Å²) in [6, 6.07) is 9.64. The lowest BCUT2D eigenvalue weighted by Gasteiger charge is -2.13. The molecule has 100 valence electrons. The molecule has 0 aliphatic rings. The number of hydrogen-bond acceptors (Lipinski definition) is 2. The number of hydrogen-bond donors (Lipinski definition) is 1. The van der Waals surface area contributed by atoms with Gasteiger partial charge in [-0.2, -0.15) is 0 Å². The van der Waals surface area contributed by atoms with Gasteiger partial charge in [-0.15, -0.1) is 0 Å². The summed E-state index contributed by atoms with van der Waals surface area (Å²) in [6.45, 7) is 0.373. The molecular formula is C13H9ClI3NO. The molecule has 2 aromatic carbocycles. The Kier molecular flexibility index (Phi) is 5.85. The molecule has 0 fully saturated rings. The maximum atomic E-state index is 6.14. The second-order valence-electron chi connectivity index (χ2n) is 3.79. The summed E-state index contributed by atoms with van der Waals surface area (Å²) in [5.74, 6) is 0.876. The van der Waals surface area contributed by atoms with Crippen LogP contribution in [0.25, 0.3) is 0 Å². The van der Waals surface area contributed by atoms with Gasteiger partial charge in [0.15, 0.2) is 0 Å². The zero-order valence-corrected chi connectivity index (χ0v) is 16.8. The molecule has 19 heavy (non-hydrogen) atoms. The number of ether oxygens (including phenoxy) is 1. The topological polar surface area (TPSA) is 35.2 Å². The fourth-order valence-electron chi connectivity index (χ4n) is 1.54. The monoisotopic (exact) mass is 611 g/mol. The minimum absolute atomic E-state index is 0.373. The molecule has 0 atom stereocenters. The third-order valence-corrected chi connectivity index (χ3v) is 5.06. The number of anilines is 1. The number of rotatable bonds is 3. The van der Waals surface area contributed by atoms with Crippen LogP contribution in [0.1, 0.15) is 5.56 Å². The first kappa shape index (κ1) is 15.9. The highest BCUT2D eigenvalue weighted by molar-refractivity contribution is 14.1. The largest absolute Gasteiger partial charge is 0.487 e. The minimum atomic E-state index is 0.373. The van der Waals surface area contributed by atoms with Crippen LogP contribution in [0, 0.1) is 10.7 Å². The lowest BCUT2D eigenvalue weighted by Crippen LogP contribution is -2.03. The Morgan fingerprint density at radius 2 is 1.74 bits per heavy atom. The van der Waals surface area contributed by atoms with E-state index in [2.05, 4.69) is 79.9 Å². The van der Waals surface area contributed by atoms with Crippen LogP contribution >= 0.6 is 79.4 Å². The van der Waals surface area contributed by atoms with Crippen molar-refractivity contribution in [3.05, 3.63) is 51.6 Å². The lowest BCUT2D eigenvalue weighted by molar-refractivity contribution is 0.302. The zero-order valence-electron chi connectivity index (χ0n) is 9.59. The van der Waals surface area contributed by atoms with Gasteiger partial charge in [-0.05, 0) is 92.0 Å². The Bertz CT molecular complexity index is 576. The summed E-state index contributed by atoms with van der Waals surface area (Å²) < 4.78 is 9.24. The van der Waals surface area contributed by atoms with Crippen LogP contribution in [0.4, 0.5) is 5.69 Å². The Morgan fingerprint density at radius 1 is 1.11 bits per heavy atom.